The van der Waals surface area contributed by atoms with E-state index in [-0.39, 0.29) is 24.2 Å². The van der Waals surface area contributed by atoms with E-state index in [2.05, 4.69) is 15.9 Å². The van der Waals surface area contributed by atoms with Crippen LogP contribution in [0.3, 0.4) is 0 Å². The van der Waals surface area contributed by atoms with Gasteiger partial charge in [0.25, 0.3) is 0 Å². The molecule has 0 radical (unpaired) electrons. The highest BCUT2D eigenvalue weighted by Crippen LogP contribution is 2.32. The second kappa shape index (κ2) is 8.01. The van der Waals surface area contributed by atoms with Gasteiger partial charge >= 0.3 is 0 Å². The van der Waals surface area contributed by atoms with E-state index in [0.717, 1.165) is 29.3 Å². The lowest BCUT2D eigenvalue weighted by atomic mass is 9.95. The molecule has 112 valence electrons. The predicted molar refractivity (Wildman–Crippen MR) is 87.7 cm³/mol. The van der Waals surface area contributed by atoms with Crippen molar-refractivity contribution in [3.8, 4) is 0 Å². The Labute approximate surface area is 135 Å². The van der Waals surface area contributed by atoms with Crippen LogP contribution in [0.15, 0.2) is 28.7 Å². The molecular weight excluding hydrogens is 340 g/mol. The fourth-order valence-corrected chi connectivity index (χ4v) is 3.30. The van der Waals surface area contributed by atoms with Crippen molar-refractivity contribution in [1.82, 2.24) is 4.90 Å². The Kier molecular flexibility index (Phi) is 7.00. The number of benzene rings is 1. The zero-order valence-corrected chi connectivity index (χ0v) is 14.1. The third-order valence-corrected chi connectivity index (χ3v) is 4.79. The first-order valence-electron chi connectivity index (χ1n) is 6.82. The summed E-state index contributed by atoms with van der Waals surface area (Å²) in [4.78, 5) is 14.3. The van der Waals surface area contributed by atoms with E-state index in [4.69, 9.17) is 5.73 Å². The summed E-state index contributed by atoms with van der Waals surface area (Å²) in [6.45, 7) is 1.27. The van der Waals surface area contributed by atoms with Gasteiger partial charge in [-0.05, 0) is 36.9 Å². The van der Waals surface area contributed by atoms with Crippen molar-refractivity contribution >= 4 is 34.2 Å². The Hall–Kier alpha value is -0.580. The standard InChI is InChI=1S/C15H21BrN2O.ClH/c1-18(10-12-5-2-3-8-14(12)16)15(19)13-7-4-6-11(13)9-17;/h2-3,5,8,11,13H,4,6-7,9-10,17H2,1H3;1H/t11-,13-;/m1./s1. The highest BCUT2D eigenvalue weighted by molar-refractivity contribution is 9.10. The number of hydrogen-bond acceptors (Lipinski definition) is 2. The Morgan fingerprint density at radius 2 is 2.10 bits per heavy atom. The number of halogens is 2. The quantitative estimate of drug-likeness (QED) is 0.895. The van der Waals surface area contributed by atoms with Gasteiger partial charge in [-0.2, -0.15) is 0 Å². The number of nitrogens with two attached hydrogens (primary N) is 1. The van der Waals surface area contributed by atoms with Gasteiger partial charge in [0.1, 0.15) is 0 Å². The molecule has 1 aromatic carbocycles. The SMILES string of the molecule is CN(Cc1ccccc1Br)C(=O)[C@@H]1CCC[C@@H]1CN.Cl. The molecule has 0 aromatic heterocycles. The number of hydrogen-bond donors (Lipinski definition) is 1. The molecule has 20 heavy (non-hydrogen) atoms. The van der Waals surface area contributed by atoms with Crippen LogP contribution in [0.1, 0.15) is 24.8 Å². The molecule has 0 saturated heterocycles. The third-order valence-electron chi connectivity index (χ3n) is 4.02. The van der Waals surface area contributed by atoms with Gasteiger partial charge in [0.15, 0.2) is 0 Å². The molecule has 0 spiro atoms. The Balaban J connectivity index is 0.00000200. The van der Waals surface area contributed by atoms with Crippen LogP contribution in [0.25, 0.3) is 0 Å². The fraction of sp³-hybridized carbons (Fsp3) is 0.533. The van der Waals surface area contributed by atoms with Crippen molar-refractivity contribution in [1.29, 1.82) is 0 Å². The van der Waals surface area contributed by atoms with Gasteiger partial charge < -0.3 is 10.6 Å². The van der Waals surface area contributed by atoms with E-state index in [1.165, 1.54) is 0 Å². The number of carbonyl (C=O) groups excluding carboxylic acids is 1. The van der Waals surface area contributed by atoms with E-state index < -0.39 is 0 Å². The third kappa shape index (κ3) is 3.96. The molecule has 1 aliphatic carbocycles. The lowest BCUT2D eigenvalue weighted by Crippen LogP contribution is -2.36. The minimum absolute atomic E-state index is 0. The smallest absolute Gasteiger partial charge is 0.226 e. The summed E-state index contributed by atoms with van der Waals surface area (Å²) in [7, 11) is 1.88. The highest BCUT2D eigenvalue weighted by Gasteiger charge is 2.33. The molecule has 5 heteroatoms. The molecule has 1 aromatic rings. The first-order chi connectivity index (χ1) is 9.13. The Morgan fingerprint density at radius 1 is 1.40 bits per heavy atom. The predicted octanol–water partition coefficient (Wildman–Crippen LogP) is 3.20. The molecule has 2 rings (SSSR count). The molecule has 0 aliphatic heterocycles. The lowest BCUT2D eigenvalue weighted by Gasteiger charge is -2.25. The van der Waals surface area contributed by atoms with Gasteiger partial charge in [0.05, 0.1) is 0 Å². The number of rotatable bonds is 4. The van der Waals surface area contributed by atoms with Crippen LogP contribution in [-0.2, 0) is 11.3 Å². The van der Waals surface area contributed by atoms with Crippen LogP contribution in [0.4, 0.5) is 0 Å². The molecule has 3 nitrogen and oxygen atoms in total. The Morgan fingerprint density at radius 3 is 2.75 bits per heavy atom. The summed E-state index contributed by atoms with van der Waals surface area (Å²) in [5, 5.41) is 0. The van der Waals surface area contributed by atoms with Crippen molar-refractivity contribution in [2.75, 3.05) is 13.6 Å². The Bertz CT molecular complexity index is 455. The maximum atomic E-state index is 12.5. The van der Waals surface area contributed by atoms with Gasteiger partial charge in [-0.15, -0.1) is 12.4 Å². The van der Waals surface area contributed by atoms with E-state index in [0.29, 0.717) is 19.0 Å². The highest BCUT2D eigenvalue weighted by atomic mass is 79.9. The van der Waals surface area contributed by atoms with Gasteiger partial charge in [0.2, 0.25) is 5.91 Å². The van der Waals surface area contributed by atoms with Crippen molar-refractivity contribution in [2.45, 2.75) is 25.8 Å². The molecule has 2 atom stereocenters. The number of carbonyl (C=O) groups is 1. The molecular formula is C15H22BrClN2O. The second-order valence-electron chi connectivity index (χ2n) is 5.32. The molecule has 0 bridgehead atoms. The molecule has 0 unspecified atom stereocenters. The maximum Gasteiger partial charge on any atom is 0.226 e. The normalized spacial score (nSPS) is 21.4. The van der Waals surface area contributed by atoms with Crippen LogP contribution in [0, 0.1) is 11.8 Å². The van der Waals surface area contributed by atoms with Crippen LogP contribution in [0.5, 0.6) is 0 Å². The van der Waals surface area contributed by atoms with Crippen LogP contribution in [0.2, 0.25) is 0 Å². The average Bonchev–Trinajstić information content (AvgIpc) is 2.88. The summed E-state index contributed by atoms with van der Waals surface area (Å²) in [6, 6.07) is 8.03. The zero-order valence-electron chi connectivity index (χ0n) is 11.7. The molecule has 1 fully saturated rings. The molecule has 0 heterocycles. The average molecular weight is 362 g/mol. The van der Waals surface area contributed by atoms with E-state index in [9.17, 15) is 4.79 Å². The van der Waals surface area contributed by atoms with Crippen molar-refractivity contribution in [3.63, 3.8) is 0 Å². The summed E-state index contributed by atoms with van der Waals surface area (Å²) in [6.07, 6.45) is 3.21. The monoisotopic (exact) mass is 360 g/mol. The minimum atomic E-state index is 0. The fourth-order valence-electron chi connectivity index (χ4n) is 2.89. The first kappa shape index (κ1) is 17.5. The lowest BCUT2D eigenvalue weighted by molar-refractivity contribution is -0.135. The summed E-state index contributed by atoms with van der Waals surface area (Å²) in [5.74, 6) is 0.732. The van der Waals surface area contributed by atoms with Crippen molar-refractivity contribution < 1.29 is 4.79 Å². The van der Waals surface area contributed by atoms with Gasteiger partial charge in [0, 0.05) is 24.0 Å². The van der Waals surface area contributed by atoms with E-state index in [1.54, 1.807) is 0 Å². The number of amides is 1. The maximum absolute atomic E-state index is 12.5. The topological polar surface area (TPSA) is 46.3 Å². The first-order valence-corrected chi connectivity index (χ1v) is 7.61. The van der Waals surface area contributed by atoms with Crippen molar-refractivity contribution in [3.05, 3.63) is 34.3 Å². The summed E-state index contributed by atoms with van der Waals surface area (Å²) < 4.78 is 1.05. The summed E-state index contributed by atoms with van der Waals surface area (Å²) >= 11 is 3.52. The summed E-state index contributed by atoms with van der Waals surface area (Å²) in [5.41, 5.74) is 6.90. The van der Waals surface area contributed by atoms with Crippen LogP contribution in [-0.4, -0.2) is 24.4 Å². The van der Waals surface area contributed by atoms with E-state index in [1.807, 2.05) is 36.2 Å². The van der Waals surface area contributed by atoms with Gasteiger partial charge in [-0.3, -0.25) is 4.79 Å². The van der Waals surface area contributed by atoms with Crippen LogP contribution >= 0.6 is 28.3 Å². The minimum Gasteiger partial charge on any atom is -0.341 e. The molecule has 1 amide bonds. The largest absolute Gasteiger partial charge is 0.341 e. The zero-order chi connectivity index (χ0) is 13.8. The van der Waals surface area contributed by atoms with Gasteiger partial charge in [-0.25, -0.2) is 0 Å². The van der Waals surface area contributed by atoms with E-state index >= 15 is 0 Å². The molecule has 1 aliphatic rings. The number of nitrogens with zero attached hydrogens (tertiary/aromatic N) is 1. The van der Waals surface area contributed by atoms with Crippen molar-refractivity contribution in [2.24, 2.45) is 17.6 Å². The second-order valence-corrected chi connectivity index (χ2v) is 6.17. The van der Waals surface area contributed by atoms with Gasteiger partial charge in [-0.1, -0.05) is 40.5 Å². The van der Waals surface area contributed by atoms with Crippen LogP contribution < -0.4 is 5.73 Å². The molecule has 1 saturated carbocycles. The molecule has 2 N–H and O–H groups in total.